The third-order valence-electron chi connectivity index (χ3n) is 4.93. The number of amides is 1. The van der Waals surface area contributed by atoms with Gasteiger partial charge in [-0.3, -0.25) is 4.79 Å². The van der Waals surface area contributed by atoms with Crippen molar-refractivity contribution in [3.8, 4) is 0 Å². The molecule has 0 saturated carbocycles. The van der Waals surface area contributed by atoms with Gasteiger partial charge in [0.1, 0.15) is 0 Å². The molecule has 6 heteroatoms. The van der Waals surface area contributed by atoms with Gasteiger partial charge >= 0.3 is 0 Å². The van der Waals surface area contributed by atoms with E-state index in [-0.39, 0.29) is 11.3 Å². The minimum absolute atomic E-state index is 0.230. The first-order valence-electron chi connectivity index (χ1n) is 8.29. The maximum absolute atomic E-state index is 12.8. The van der Waals surface area contributed by atoms with Gasteiger partial charge in [-0.25, -0.2) is 4.98 Å². The van der Waals surface area contributed by atoms with Crippen LogP contribution in [0.1, 0.15) is 38.5 Å². The molecule has 1 aliphatic rings. The fourth-order valence-electron chi connectivity index (χ4n) is 2.97. The second kappa shape index (κ2) is 7.42. The van der Waals surface area contributed by atoms with Gasteiger partial charge in [-0.15, -0.1) is 11.3 Å². The summed E-state index contributed by atoms with van der Waals surface area (Å²) in [5.41, 5.74) is 5.53. The van der Waals surface area contributed by atoms with E-state index in [1.807, 2.05) is 11.1 Å². The molecule has 1 aliphatic heterocycles. The number of rotatable bonds is 6. The maximum atomic E-state index is 12.8. The number of piperazine rings is 1. The van der Waals surface area contributed by atoms with Crippen LogP contribution in [0, 0.1) is 5.41 Å². The van der Waals surface area contributed by atoms with Crippen LogP contribution in [0.25, 0.3) is 0 Å². The molecule has 1 amide bonds. The van der Waals surface area contributed by atoms with E-state index in [1.54, 1.807) is 11.3 Å². The molecule has 1 aromatic heterocycles. The number of aryl methyl sites for hydroxylation is 1. The lowest BCUT2D eigenvalue weighted by molar-refractivity contribution is -0.142. The van der Waals surface area contributed by atoms with Crippen LogP contribution >= 0.6 is 11.3 Å². The van der Waals surface area contributed by atoms with E-state index in [0.717, 1.165) is 50.6 Å². The van der Waals surface area contributed by atoms with Crippen LogP contribution in [0.2, 0.25) is 0 Å². The highest BCUT2D eigenvalue weighted by Crippen LogP contribution is 2.29. The number of hydrogen-bond donors (Lipinski definition) is 1. The lowest BCUT2D eigenvalue weighted by Gasteiger charge is -2.40. The van der Waals surface area contributed by atoms with Crippen LogP contribution in [-0.4, -0.2) is 48.5 Å². The minimum atomic E-state index is -0.376. The normalized spacial score (nSPS) is 16.2. The zero-order chi connectivity index (χ0) is 16.2. The fourth-order valence-corrected chi connectivity index (χ4v) is 3.87. The molecule has 1 fully saturated rings. The van der Waals surface area contributed by atoms with E-state index in [1.165, 1.54) is 4.88 Å². The Labute approximate surface area is 137 Å². The molecule has 124 valence electrons. The number of anilines is 1. The van der Waals surface area contributed by atoms with Gasteiger partial charge in [0.15, 0.2) is 5.13 Å². The van der Waals surface area contributed by atoms with Gasteiger partial charge < -0.3 is 15.5 Å². The fraction of sp³-hybridized carbons (Fsp3) is 0.750. The quantitative estimate of drug-likeness (QED) is 0.870. The van der Waals surface area contributed by atoms with Crippen molar-refractivity contribution in [2.24, 2.45) is 11.1 Å². The molecule has 1 saturated heterocycles. The second-order valence-electron chi connectivity index (χ2n) is 5.93. The predicted molar refractivity (Wildman–Crippen MR) is 92.4 cm³/mol. The van der Waals surface area contributed by atoms with E-state index in [9.17, 15) is 4.79 Å². The van der Waals surface area contributed by atoms with E-state index >= 15 is 0 Å². The predicted octanol–water partition coefficient (Wildman–Crippen LogP) is 2.12. The van der Waals surface area contributed by atoms with Crippen molar-refractivity contribution in [2.75, 3.05) is 37.6 Å². The molecule has 0 radical (unpaired) electrons. The van der Waals surface area contributed by atoms with Crippen molar-refractivity contribution in [1.82, 2.24) is 9.88 Å². The highest BCUT2D eigenvalue weighted by atomic mass is 32.1. The first-order chi connectivity index (χ1) is 10.6. The third-order valence-corrected chi connectivity index (χ3v) is 6.13. The molecular formula is C16H28N4OS. The van der Waals surface area contributed by atoms with Gasteiger partial charge in [0.05, 0.1) is 5.41 Å². The highest BCUT2D eigenvalue weighted by Gasteiger charge is 2.37. The average Bonchev–Trinajstić information content (AvgIpc) is 3.06. The molecule has 1 aromatic rings. The number of carbonyl (C=O) groups excluding carboxylic acids is 1. The maximum Gasteiger partial charge on any atom is 0.230 e. The van der Waals surface area contributed by atoms with Crippen LogP contribution in [0.5, 0.6) is 0 Å². The Morgan fingerprint density at radius 3 is 2.36 bits per heavy atom. The van der Waals surface area contributed by atoms with Crippen LogP contribution in [0.15, 0.2) is 6.20 Å². The summed E-state index contributed by atoms with van der Waals surface area (Å²) in [6.45, 7) is 9.95. The van der Waals surface area contributed by atoms with Gasteiger partial charge in [-0.05, 0) is 19.3 Å². The lowest BCUT2D eigenvalue weighted by Crippen LogP contribution is -2.54. The minimum Gasteiger partial charge on any atom is -0.345 e. The van der Waals surface area contributed by atoms with Crippen molar-refractivity contribution >= 4 is 22.4 Å². The van der Waals surface area contributed by atoms with E-state index < -0.39 is 0 Å². The lowest BCUT2D eigenvalue weighted by atomic mass is 9.81. The first-order valence-corrected chi connectivity index (χ1v) is 9.11. The molecule has 0 spiro atoms. The van der Waals surface area contributed by atoms with Crippen molar-refractivity contribution < 1.29 is 4.79 Å². The molecule has 2 heterocycles. The number of nitrogens with two attached hydrogens (primary N) is 1. The van der Waals surface area contributed by atoms with Gasteiger partial charge in [-0.2, -0.15) is 0 Å². The van der Waals surface area contributed by atoms with Crippen LogP contribution < -0.4 is 10.6 Å². The molecule has 22 heavy (non-hydrogen) atoms. The Bertz CT molecular complexity index is 482. The Morgan fingerprint density at radius 1 is 1.27 bits per heavy atom. The molecular weight excluding hydrogens is 296 g/mol. The summed E-state index contributed by atoms with van der Waals surface area (Å²) in [6, 6.07) is 0. The van der Waals surface area contributed by atoms with E-state index in [4.69, 9.17) is 5.73 Å². The number of carbonyl (C=O) groups is 1. The standard InChI is InChI=1S/C16H28N4OS/c1-4-13-11-18-15(22-13)20-9-7-19(8-10-20)14(21)16(5-2,6-3)12-17/h11H,4-10,12,17H2,1-3H3. The zero-order valence-electron chi connectivity index (χ0n) is 14.0. The molecule has 0 bridgehead atoms. The summed E-state index contributed by atoms with van der Waals surface area (Å²) in [5, 5.41) is 1.08. The average molecular weight is 324 g/mol. The SMILES string of the molecule is CCc1cnc(N2CCN(C(=O)C(CC)(CC)CN)CC2)s1. The second-order valence-corrected chi connectivity index (χ2v) is 7.03. The molecule has 0 aliphatic carbocycles. The molecule has 2 rings (SSSR count). The van der Waals surface area contributed by atoms with Gasteiger partial charge in [0.2, 0.25) is 5.91 Å². The largest absolute Gasteiger partial charge is 0.345 e. The number of hydrogen-bond acceptors (Lipinski definition) is 5. The van der Waals surface area contributed by atoms with Crippen LogP contribution in [-0.2, 0) is 11.2 Å². The summed E-state index contributed by atoms with van der Waals surface area (Å²) in [6.07, 6.45) is 4.62. The number of nitrogens with zero attached hydrogens (tertiary/aromatic N) is 3. The first kappa shape index (κ1) is 17.2. The van der Waals surface area contributed by atoms with Crippen molar-refractivity contribution in [2.45, 2.75) is 40.0 Å². The van der Waals surface area contributed by atoms with Crippen molar-refractivity contribution in [3.05, 3.63) is 11.1 Å². The smallest absolute Gasteiger partial charge is 0.230 e. The Balaban J connectivity index is 1.98. The summed E-state index contributed by atoms with van der Waals surface area (Å²) in [7, 11) is 0. The van der Waals surface area contributed by atoms with Gasteiger partial charge in [0, 0.05) is 43.8 Å². The van der Waals surface area contributed by atoms with E-state index in [0.29, 0.717) is 6.54 Å². The summed E-state index contributed by atoms with van der Waals surface area (Å²) in [5.74, 6) is 0.230. The molecule has 0 aromatic carbocycles. The van der Waals surface area contributed by atoms with Crippen molar-refractivity contribution in [3.63, 3.8) is 0 Å². The Hall–Kier alpha value is -1.14. The van der Waals surface area contributed by atoms with Gasteiger partial charge in [-0.1, -0.05) is 20.8 Å². The molecule has 0 unspecified atom stereocenters. The highest BCUT2D eigenvalue weighted by molar-refractivity contribution is 7.15. The molecule has 2 N–H and O–H groups in total. The Kier molecular flexibility index (Phi) is 5.81. The summed E-state index contributed by atoms with van der Waals surface area (Å²) < 4.78 is 0. The van der Waals surface area contributed by atoms with Crippen molar-refractivity contribution in [1.29, 1.82) is 0 Å². The monoisotopic (exact) mass is 324 g/mol. The summed E-state index contributed by atoms with van der Waals surface area (Å²) in [4.78, 5) is 22.9. The number of thiazole rings is 1. The van der Waals surface area contributed by atoms with Crippen LogP contribution in [0.3, 0.4) is 0 Å². The molecule has 0 atom stereocenters. The summed E-state index contributed by atoms with van der Waals surface area (Å²) >= 11 is 1.76. The number of aromatic nitrogens is 1. The van der Waals surface area contributed by atoms with Crippen LogP contribution in [0.4, 0.5) is 5.13 Å². The van der Waals surface area contributed by atoms with Gasteiger partial charge in [0.25, 0.3) is 0 Å². The topological polar surface area (TPSA) is 62.5 Å². The Morgan fingerprint density at radius 2 is 1.91 bits per heavy atom. The zero-order valence-corrected chi connectivity index (χ0v) is 14.8. The molecule has 5 nitrogen and oxygen atoms in total. The van der Waals surface area contributed by atoms with E-state index in [2.05, 4.69) is 30.7 Å². The third kappa shape index (κ3) is 3.27.